The predicted molar refractivity (Wildman–Crippen MR) is 256 cm³/mol. The summed E-state index contributed by atoms with van der Waals surface area (Å²) >= 11 is 0. The van der Waals surface area contributed by atoms with Gasteiger partial charge < -0.3 is 33.2 Å². The van der Waals surface area contributed by atoms with Crippen LogP contribution < -0.4 is 61.4 Å². The minimum atomic E-state index is -6.13. The van der Waals surface area contributed by atoms with Gasteiger partial charge in [-0.05, 0) is 24.3 Å². The van der Waals surface area contributed by atoms with Gasteiger partial charge in [-0.15, -0.1) is 0 Å². The average Bonchev–Trinajstić information content (AvgIpc) is 1.20. The number of benzene rings is 4. The molecule has 2 N–H and O–H groups in total. The molecule has 87 heavy (non-hydrogen) atoms. The van der Waals surface area contributed by atoms with E-state index in [2.05, 4.69) is 37.7 Å². The molecule has 4 aromatic carbocycles. The molecule has 2 aliphatic rings. The second-order valence-electron chi connectivity index (χ2n) is 20.6. The third-order valence-corrected chi connectivity index (χ3v) is 12.6. The Morgan fingerprint density at radius 1 is 0.322 bits per heavy atom. The van der Waals surface area contributed by atoms with Crippen LogP contribution in [0.25, 0.3) is 0 Å². The Morgan fingerprint density at radius 2 is 0.494 bits per heavy atom. The van der Waals surface area contributed by atoms with Crippen molar-refractivity contribution in [3.05, 3.63) is 117 Å². The molecule has 0 unspecified atom stereocenters. The van der Waals surface area contributed by atoms with Crippen LogP contribution in [0.3, 0.4) is 0 Å². The van der Waals surface area contributed by atoms with Gasteiger partial charge in [-0.25, -0.2) is 9.98 Å². The Morgan fingerprint density at radius 3 is 0.644 bits per heavy atom. The van der Waals surface area contributed by atoms with Gasteiger partial charge in [-0.2, -0.15) is 127 Å². The molecule has 35 heteroatoms. The molecule has 2 aliphatic heterocycles. The molecule has 0 saturated carbocycles. The number of alkyl halides is 24. The second kappa shape index (κ2) is 28.0. The molecule has 0 atom stereocenters. The first kappa shape index (κ1) is 74.5. The standard InChI is InChI=1S/C32H12BF24.C20H36N2O7.Na/c34-25(35,36)13-1-14(26(37,38)39)6-21(5-13)33(22-7-15(27(40,41)42)2-16(8-22)28(43,44)45,23-9-17(29(46,47)48)3-18(10-23)30(49,50)51)24-11-19(31(52,53)54)4-20(12-24)32(55,56)57;1-19(2)15-28-17(21-19)13-26-11-9-24-7-5-23-6-8-25-10-12-27-14-18-22-20(3,4)16-29-18;/h1-12H;5-16H2,1-4H3;/q-1;;+1/p+2. The Labute approximate surface area is 500 Å². The van der Waals surface area contributed by atoms with Crippen molar-refractivity contribution < 1.29 is 178 Å². The number of ether oxygens (including phenoxy) is 7. The molecular formula is C52H50BF24N2NaO7+2. The summed E-state index contributed by atoms with van der Waals surface area (Å²) in [6.07, 6.45) is -54.8. The summed E-state index contributed by atoms with van der Waals surface area (Å²) in [5, 5.41) is 0. The number of nitrogens with one attached hydrogen (secondary N) is 2. The molecule has 0 fully saturated rings. The minimum Gasteiger partial charge on any atom is -0.439 e. The van der Waals surface area contributed by atoms with Crippen LogP contribution in [0.2, 0.25) is 0 Å². The third kappa shape index (κ3) is 21.0. The van der Waals surface area contributed by atoms with Crippen molar-refractivity contribution in [1.82, 2.24) is 0 Å². The molecule has 0 saturated heterocycles. The molecule has 0 radical (unpaired) electrons. The van der Waals surface area contributed by atoms with Crippen LogP contribution in [-0.2, 0) is 82.6 Å². The van der Waals surface area contributed by atoms with Gasteiger partial charge in [0.15, 0.2) is 37.5 Å². The maximum absolute atomic E-state index is 14.2. The molecule has 480 valence electrons. The van der Waals surface area contributed by atoms with Gasteiger partial charge in [-0.3, -0.25) is 0 Å². The fraction of sp³-hybridized carbons (Fsp3) is 0.500. The van der Waals surface area contributed by atoms with E-state index in [0.29, 0.717) is 79.3 Å². The molecule has 0 bridgehead atoms. The molecule has 0 aromatic heterocycles. The first-order chi connectivity index (χ1) is 39.1. The summed E-state index contributed by atoms with van der Waals surface area (Å²) in [7, 11) is 0. The molecule has 9 nitrogen and oxygen atoms in total. The molecule has 4 aromatic rings. The van der Waals surface area contributed by atoms with Gasteiger partial charge in [0, 0.05) is 27.7 Å². The van der Waals surface area contributed by atoms with Gasteiger partial charge in [-0.1, -0.05) is 48.5 Å². The van der Waals surface area contributed by atoms with Crippen molar-refractivity contribution in [2.24, 2.45) is 0 Å². The Bertz CT molecular complexity index is 2540. The van der Waals surface area contributed by atoms with Crippen LogP contribution in [0.1, 0.15) is 72.2 Å². The van der Waals surface area contributed by atoms with E-state index < -0.39 is 195 Å². The summed E-state index contributed by atoms with van der Waals surface area (Å²) in [5.41, 5.74) is -30.2. The fourth-order valence-electron chi connectivity index (χ4n) is 8.77. The van der Waals surface area contributed by atoms with E-state index in [0.717, 1.165) is 11.8 Å². The normalized spacial score (nSPS) is 15.9. The topological polar surface area (TPSA) is 92.6 Å². The molecular weight excluding hydrogens is 1250 g/mol. The van der Waals surface area contributed by atoms with Crippen LogP contribution in [0.5, 0.6) is 0 Å². The van der Waals surface area contributed by atoms with Crippen LogP contribution in [0.15, 0.2) is 72.8 Å². The molecule has 0 aliphatic carbocycles. The van der Waals surface area contributed by atoms with E-state index >= 15 is 0 Å². The van der Waals surface area contributed by atoms with Gasteiger partial charge in [0.1, 0.15) is 6.15 Å². The number of hydrogen-bond acceptors (Lipinski definition) is 7. The summed E-state index contributed by atoms with van der Waals surface area (Å²) in [4.78, 5) is 6.54. The second-order valence-corrected chi connectivity index (χ2v) is 20.6. The zero-order valence-corrected chi connectivity index (χ0v) is 47.9. The monoisotopic (exact) mass is 1300 g/mol. The van der Waals surface area contributed by atoms with Gasteiger partial charge in [0.05, 0.1) is 97.4 Å². The first-order valence-electron chi connectivity index (χ1n) is 24.9. The van der Waals surface area contributed by atoms with Crippen molar-refractivity contribution in [2.45, 2.75) is 88.2 Å². The third-order valence-electron chi connectivity index (χ3n) is 12.6. The van der Waals surface area contributed by atoms with E-state index in [-0.39, 0.29) is 40.6 Å². The molecule has 2 heterocycles. The van der Waals surface area contributed by atoms with Crippen LogP contribution in [0, 0.1) is 0 Å². The Kier molecular flexibility index (Phi) is 24.0. The molecule has 6 rings (SSSR count). The Hall–Kier alpha value is -5.00. The zero-order chi connectivity index (χ0) is 64.9. The summed E-state index contributed by atoms with van der Waals surface area (Å²) in [5.74, 6) is 1.57. The van der Waals surface area contributed by atoms with Gasteiger partial charge in [0.25, 0.3) is 0 Å². The van der Waals surface area contributed by atoms with Crippen LogP contribution in [-0.4, -0.2) is 108 Å². The maximum Gasteiger partial charge on any atom is 1.00 e. The smallest absolute Gasteiger partial charge is 0.439 e. The van der Waals surface area contributed by atoms with Crippen molar-refractivity contribution in [2.75, 3.05) is 79.3 Å². The summed E-state index contributed by atoms with van der Waals surface area (Å²) in [6.45, 7) is 14.8. The van der Waals surface area contributed by atoms with E-state index in [9.17, 15) is 105 Å². The van der Waals surface area contributed by atoms with Crippen LogP contribution >= 0.6 is 0 Å². The quantitative estimate of drug-likeness (QED) is 0.0652. The van der Waals surface area contributed by atoms with E-state index in [1.54, 1.807) is 0 Å². The first-order valence-corrected chi connectivity index (χ1v) is 24.9. The SMILES string of the molecule is CC1(C)COC(COCCOCCOCCOCCOCC2=[NH+]C(C)(C)CO2)=[NH+]1.FC(F)(F)c1cc([B-](c2cc(C(F)(F)F)cc(C(F)(F)F)c2)(c2cc(C(F)(F)F)cc(C(F)(F)F)c2)c2cc(C(F)(F)F)cc(C(F)(F)F)c2)cc(C(F)(F)F)c1.[Na+]. The Balaban J connectivity index is 0.000000453. The van der Waals surface area contributed by atoms with E-state index in [1.807, 2.05) is 0 Å². The van der Waals surface area contributed by atoms with Crippen molar-refractivity contribution in [3.63, 3.8) is 0 Å². The number of hydrogen-bond donors (Lipinski definition) is 2. The van der Waals surface area contributed by atoms with Crippen LogP contribution in [0.4, 0.5) is 105 Å². The zero-order valence-electron chi connectivity index (χ0n) is 45.9. The van der Waals surface area contributed by atoms with E-state index in [4.69, 9.17) is 33.2 Å². The summed E-state index contributed by atoms with van der Waals surface area (Å²) in [6, 6.07) is -8.81. The fourth-order valence-corrected chi connectivity index (χ4v) is 8.77. The largest absolute Gasteiger partial charge is 1.00 e. The predicted octanol–water partition coefficient (Wildman–Crippen LogP) is 5.86. The molecule has 0 spiro atoms. The van der Waals surface area contributed by atoms with Crippen molar-refractivity contribution in [1.29, 1.82) is 0 Å². The van der Waals surface area contributed by atoms with E-state index in [1.165, 1.54) is 0 Å². The minimum absolute atomic E-state index is 0. The van der Waals surface area contributed by atoms with Crippen molar-refractivity contribution in [3.8, 4) is 0 Å². The molecule has 0 amide bonds. The number of rotatable bonds is 20. The average molecular weight is 1300 g/mol. The maximum atomic E-state index is 14.2. The van der Waals surface area contributed by atoms with Gasteiger partial charge in [0.2, 0.25) is 0 Å². The van der Waals surface area contributed by atoms with Crippen molar-refractivity contribution >= 4 is 39.8 Å². The summed E-state index contributed by atoms with van der Waals surface area (Å²) < 4.78 is 379. The number of halogens is 24. The van der Waals surface area contributed by atoms with Gasteiger partial charge >= 0.3 is 90.8 Å².